The fraction of sp³-hybridized carbons (Fsp3) is 0.548. The van der Waals surface area contributed by atoms with Crippen molar-refractivity contribution in [3.8, 4) is 11.1 Å². The van der Waals surface area contributed by atoms with Gasteiger partial charge in [0.2, 0.25) is 0 Å². The summed E-state index contributed by atoms with van der Waals surface area (Å²) in [5, 5.41) is 12.1. The molecule has 2 rings (SSSR count). The second-order valence-electron chi connectivity index (χ2n) is 11.1. The van der Waals surface area contributed by atoms with Crippen molar-refractivity contribution in [3.63, 3.8) is 0 Å². The van der Waals surface area contributed by atoms with Crippen LogP contribution in [0.5, 0.6) is 0 Å². The number of aliphatic carboxylic acids is 1. The average molecular weight is 513 g/mol. The van der Waals surface area contributed by atoms with Crippen LogP contribution in [0.3, 0.4) is 0 Å². The molecule has 0 aliphatic heterocycles. The highest BCUT2D eigenvalue weighted by Gasteiger charge is 2.23. The molecule has 0 saturated heterocycles. The van der Waals surface area contributed by atoms with E-state index >= 15 is 0 Å². The molecule has 2 aromatic carbocycles. The van der Waals surface area contributed by atoms with Crippen LogP contribution in [-0.2, 0) is 16.0 Å². The van der Waals surface area contributed by atoms with Crippen molar-refractivity contribution in [2.75, 3.05) is 6.54 Å². The van der Waals surface area contributed by atoms with Crippen molar-refractivity contribution in [2.45, 2.75) is 98.9 Å². The van der Waals surface area contributed by atoms with Crippen LogP contribution in [0.2, 0.25) is 0 Å². The highest BCUT2D eigenvalue weighted by molar-refractivity contribution is 5.70. The first-order valence-electron chi connectivity index (χ1n) is 13.4. The Kier molecular flexibility index (Phi) is 13.4. The molecule has 0 aromatic heterocycles. The van der Waals surface area contributed by atoms with E-state index in [0.29, 0.717) is 24.9 Å². The van der Waals surface area contributed by atoms with Crippen molar-refractivity contribution in [1.82, 2.24) is 10.2 Å². The summed E-state index contributed by atoms with van der Waals surface area (Å²) in [4.78, 5) is 25.9. The van der Waals surface area contributed by atoms with Gasteiger partial charge in [-0.3, -0.25) is 9.69 Å². The monoisotopic (exact) mass is 512 g/mol. The van der Waals surface area contributed by atoms with E-state index in [9.17, 15) is 14.7 Å². The number of carboxylic acids is 1. The number of nitrogens with zero attached hydrogens (tertiary/aromatic N) is 1. The number of benzene rings is 2. The Hall–Kier alpha value is -2.86. The van der Waals surface area contributed by atoms with Gasteiger partial charge >= 0.3 is 12.1 Å². The van der Waals surface area contributed by atoms with E-state index in [1.54, 1.807) is 27.7 Å². The van der Waals surface area contributed by atoms with E-state index in [2.05, 4.69) is 57.0 Å². The van der Waals surface area contributed by atoms with Gasteiger partial charge in [0.1, 0.15) is 5.60 Å². The molecule has 0 spiro atoms. The Labute approximate surface area is 224 Å². The Morgan fingerprint density at radius 3 is 1.81 bits per heavy atom. The highest BCUT2D eigenvalue weighted by atomic mass is 16.6. The van der Waals surface area contributed by atoms with Gasteiger partial charge in [-0.05, 0) is 84.5 Å². The molecule has 2 atom stereocenters. The molecular weight excluding hydrogens is 464 g/mol. The first-order valence-corrected chi connectivity index (χ1v) is 13.4. The summed E-state index contributed by atoms with van der Waals surface area (Å²) in [6.07, 6.45) is 0.331. The van der Waals surface area contributed by atoms with Gasteiger partial charge in [0.25, 0.3) is 0 Å². The van der Waals surface area contributed by atoms with Crippen LogP contribution < -0.4 is 5.32 Å². The van der Waals surface area contributed by atoms with Crippen molar-refractivity contribution < 1.29 is 19.4 Å². The maximum atomic E-state index is 12.2. The van der Waals surface area contributed by atoms with Gasteiger partial charge in [-0.2, -0.15) is 0 Å². The first kappa shape index (κ1) is 32.2. The van der Waals surface area contributed by atoms with Gasteiger partial charge in [-0.25, -0.2) is 4.79 Å². The molecule has 0 saturated carbocycles. The molecule has 0 radical (unpaired) electrons. The van der Waals surface area contributed by atoms with Gasteiger partial charge in [0.05, 0.1) is 5.92 Å². The summed E-state index contributed by atoms with van der Waals surface area (Å²) in [6, 6.07) is 19.2. The summed E-state index contributed by atoms with van der Waals surface area (Å²) in [6.45, 7) is 19.4. The number of nitrogens with one attached hydrogen (secondary N) is 1. The molecule has 6 nitrogen and oxygen atoms in total. The van der Waals surface area contributed by atoms with E-state index in [4.69, 9.17) is 4.74 Å². The number of carbonyl (C=O) groups excluding carboxylic acids is 1. The smallest absolute Gasteiger partial charge is 0.407 e. The van der Waals surface area contributed by atoms with E-state index < -0.39 is 23.6 Å². The highest BCUT2D eigenvalue weighted by Crippen LogP contribution is 2.21. The SMILES string of the molecule is CCN(C(C)C)C(C)C.C[C@H](C[C@@H](Cc1ccc(-c2ccccc2)cc1)NC(=O)OC(C)(C)C)C(=O)O. The molecule has 0 aliphatic rings. The van der Waals surface area contributed by atoms with Crippen molar-refractivity contribution in [2.24, 2.45) is 5.92 Å². The van der Waals surface area contributed by atoms with Crippen LogP contribution in [0.4, 0.5) is 4.79 Å². The van der Waals surface area contributed by atoms with E-state index in [0.717, 1.165) is 23.2 Å². The summed E-state index contributed by atoms with van der Waals surface area (Å²) < 4.78 is 5.33. The molecule has 0 aliphatic carbocycles. The van der Waals surface area contributed by atoms with Crippen LogP contribution in [0.1, 0.15) is 74.3 Å². The van der Waals surface area contributed by atoms with Gasteiger partial charge < -0.3 is 15.2 Å². The number of hydrogen-bond acceptors (Lipinski definition) is 4. The van der Waals surface area contributed by atoms with Gasteiger partial charge in [-0.1, -0.05) is 68.4 Å². The minimum atomic E-state index is -0.879. The van der Waals surface area contributed by atoms with Crippen LogP contribution in [0.15, 0.2) is 54.6 Å². The molecule has 0 fully saturated rings. The van der Waals surface area contributed by atoms with Gasteiger partial charge in [-0.15, -0.1) is 0 Å². The summed E-state index contributed by atoms with van der Waals surface area (Å²) >= 11 is 0. The number of carboxylic acid groups (broad SMARTS) is 1. The third-order valence-corrected chi connectivity index (χ3v) is 6.02. The zero-order chi connectivity index (χ0) is 28.2. The molecule has 1 amide bonds. The van der Waals surface area contributed by atoms with Crippen LogP contribution in [0, 0.1) is 5.92 Å². The minimum absolute atomic E-state index is 0.328. The maximum Gasteiger partial charge on any atom is 0.407 e. The largest absolute Gasteiger partial charge is 0.481 e. The van der Waals surface area contributed by atoms with Crippen molar-refractivity contribution in [1.29, 1.82) is 0 Å². The molecule has 37 heavy (non-hydrogen) atoms. The molecule has 2 N–H and O–H groups in total. The number of rotatable bonds is 10. The predicted molar refractivity (Wildman–Crippen MR) is 153 cm³/mol. The third-order valence-electron chi connectivity index (χ3n) is 6.02. The van der Waals surface area contributed by atoms with E-state index in [-0.39, 0.29) is 6.04 Å². The lowest BCUT2D eigenvalue weighted by Gasteiger charge is -2.28. The lowest BCUT2D eigenvalue weighted by Crippen LogP contribution is -2.41. The van der Waals surface area contributed by atoms with Crippen molar-refractivity contribution >= 4 is 12.1 Å². The summed E-state index contributed by atoms with van der Waals surface area (Å²) in [5.41, 5.74) is 2.67. The summed E-state index contributed by atoms with van der Waals surface area (Å²) in [7, 11) is 0. The Bertz CT molecular complexity index is 926. The normalized spacial score (nSPS) is 13.1. The fourth-order valence-corrected chi connectivity index (χ4v) is 4.27. The van der Waals surface area contributed by atoms with Crippen LogP contribution in [0.25, 0.3) is 11.1 Å². The molecule has 206 valence electrons. The predicted octanol–water partition coefficient (Wildman–Crippen LogP) is 7.03. The quantitative estimate of drug-likeness (QED) is 0.357. The van der Waals surface area contributed by atoms with Crippen molar-refractivity contribution in [3.05, 3.63) is 60.2 Å². The molecule has 0 unspecified atom stereocenters. The average Bonchev–Trinajstić information content (AvgIpc) is 2.79. The Morgan fingerprint density at radius 2 is 1.41 bits per heavy atom. The second kappa shape index (κ2) is 15.4. The second-order valence-corrected chi connectivity index (χ2v) is 11.1. The summed E-state index contributed by atoms with van der Waals surface area (Å²) in [5.74, 6) is -1.45. The molecular formula is C31H48N2O4. The molecule has 6 heteroatoms. The van der Waals surface area contributed by atoms with Crippen LogP contribution >= 0.6 is 0 Å². The lowest BCUT2D eigenvalue weighted by molar-refractivity contribution is -0.141. The van der Waals surface area contributed by atoms with Crippen LogP contribution in [-0.4, -0.2) is 52.3 Å². The molecule has 0 heterocycles. The zero-order valence-electron chi connectivity index (χ0n) is 24.2. The fourth-order valence-electron chi connectivity index (χ4n) is 4.27. The molecule has 2 aromatic rings. The topological polar surface area (TPSA) is 78.9 Å². The van der Waals surface area contributed by atoms with E-state index in [1.165, 1.54) is 0 Å². The Balaban J connectivity index is 0.000000649. The Morgan fingerprint density at radius 1 is 0.892 bits per heavy atom. The van der Waals surface area contributed by atoms with Gasteiger partial charge in [0, 0.05) is 18.1 Å². The van der Waals surface area contributed by atoms with Gasteiger partial charge in [0.15, 0.2) is 0 Å². The minimum Gasteiger partial charge on any atom is -0.481 e. The zero-order valence-corrected chi connectivity index (χ0v) is 24.2. The number of carbonyl (C=O) groups is 2. The maximum absolute atomic E-state index is 12.2. The van der Waals surface area contributed by atoms with E-state index in [1.807, 2.05) is 42.5 Å². The number of alkyl carbamates (subject to hydrolysis) is 1. The molecule has 0 bridgehead atoms. The number of amides is 1. The number of hydrogen-bond donors (Lipinski definition) is 2. The lowest BCUT2D eigenvalue weighted by atomic mass is 9.95. The first-order chi connectivity index (χ1) is 17.2. The standard InChI is InChI=1S/C23H29NO4.C8H19N/c1-16(21(25)26)14-20(24-22(27)28-23(2,3)4)15-17-10-12-19(13-11-17)18-8-6-5-7-9-18;1-6-9(7(2)3)8(4)5/h5-13,16,20H,14-15H2,1-4H3,(H,24,27)(H,25,26);7-8H,6H2,1-5H3/t16-,20+;/m1./s1. The third kappa shape index (κ3) is 12.8. The number of ether oxygens (including phenoxy) is 1.